The van der Waals surface area contributed by atoms with Crippen LogP contribution in [0.15, 0.2) is 42.1 Å². The highest BCUT2D eigenvalue weighted by Gasteiger charge is 2.14. The molecule has 0 fully saturated rings. The monoisotopic (exact) mass is 262 g/mol. The zero-order valence-corrected chi connectivity index (χ0v) is 12.4. The molecule has 0 aromatic carbocycles. The van der Waals surface area contributed by atoms with E-state index in [1.54, 1.807) is 6.26 Å². The van der Waals surface area contributed by atoms with E-state index in [1.165, 1.54) is 5.56 Å². The maximum absolute atomic E-state index is 5.58. The van der Waals surface area contributed by atoms with Crippen molar-refractivity contribution in [2.24, 2.45) is 0 Å². The van der Waals surface area contributed by atoms with Crippen LogP contribution in [0.1, 0.15) is 32.1 Å². The molecule has 0 bridgehead atoms. The average molecular weight is 262 g/mol. The van der Waals surface area contributed by atoms with Crippen molar-refractivity contribution in [3.63, 3.8) is 0 Å². The van der Waals surface area contributed by atoms with Gasteiger partial charge in [0.15, 0.2) is 0 Å². The standard InChI is InChI=1S/C16H26N2O/c1-6-9-18(10-7-2)13-14-8-11-19-15(14)12-17-16(3,4)5/h6-8,11,17H,1-2,9-10,12-13H2,3-5H3. The van der Waals surface area contributed by atoms with Gasteiger partial charge in [-0.3, -0.25) is 4.90 Å². The van der Waals surface area contributed by atoms with Crippen molar-refractivity contribution in [1.29, 1.82) is 0 Å². The quantitative estimate of drug-likeness (QED) is 0.728. The van der Waals surface area contributed by atoms with Crippen LogP contribution in [-0.2, 0) is 13.1 Å². The molecule has 1 aromatic rings. The summed E-state index contributed by atoms with van der Waals surface area (Å²) in [6.45, 7) is 17.3. The van der Waals surface area contributed by atoms with Gasteiger partial charge in [-0.25, -0.2) is 0 Å². The van der Waals surface area contributed by atoms with E-state index in [4.69, 9.17) is 4.42 Å². The van der Waals surface area contributed by atoms with Crippen LogP contribution < -0.4 is 5.32 Å². The van der Waals surface area contributed by atoms with Gasteiger partial charge in [-0.2, -0.15) is 0 Å². The molecule has 0 radical (unpaired) electrons. The fourth-order valence-corrected chi connectivity index (χ4v) is 1.82. The first-order chi connectivity index (χ1) is 8.96. The number of hydrogen-bond donors (Lipinski definition) is 1. The van der Waals surface area contributed by atoms with Crippen molar-refractivity contribution < 1.29 is 4.42 Å². The van der Waals surface area contributed by atoms with E-state index in [2.05, 4.69) is 44.1 Å². The summed E-state index contributed by atoms with van der Waals surface area (Å²) in [7, 11) is 0. The first kappa shape index (κ1) is 15.7. The number of nitrogens with one attached hydrogen (secondary N) is 1. The number of rotatable bonds is 8. The highest BCUT2D eigenvalue weighted by molar-refractivity contribution is 5.17. The Hall–Kier alpha value is -1.32. The Morgan fingerprint density at radius 3 is 2.42 bits per heavy atom. The van der Waals surface area contributed by atoms with Crippen LogP contribution in [0.3, 0.4) is 0 Å². The van der Waals surface area contributed by atoms with Gasteiger partial charge in [0.1, 0.15) is 5.76 Å². The zero-order chi connectivity index (χ0) is 14.3. The third-order valence-corrected chi connectivity index (χ3v) is 2.79. The van der Waals surface area contributed by atoms with Crippen molar-refractivity contribution in [1.82, 2.24) is 10.2 Å². The molecule has 1 aromatic heterocycles. The minimum Gasteiger partial charge on any atom is -0.468 e. The van der Waals surface area contributed by atoms with E-state index in [0.29, 0.717) is 0 Å². The molecule has 3 nitrogen and oxygen atoms in total. The summed E-state index contributed by atoms with van der Waals surface area (Å²) in [5, 5.41) is 3.45. The van der Waals surface area contributed by atoms with Crippen LogP contribution in [0.5, 0.6) is 0 Å². The molecule has 0 aliphatic rings. The van der Waals surface area contributed by atoms with Crippen molar-refractivity contribution in [3.8, 4) is 0 Å². The average Bonchev–Trinajstić information content (AvgIpc) is 2.73. The second-order valence-corrected chi connectivity index (χ2v) is 5.74. The fraction of sp³-hybridized carbons (Fsp3) is 0.500. The van der Waals surface area contributed by atoms with Crippen molar-refractivity contribution in [2.45, 2.75) is 39.4 Å². The first-order valence-corrected chi connectivity index (χ1v) is 6.70. The van der Waals surface area contributed by atoms with Crippen LogP contribution in [0.4, 0.5) is 0 Å². The lowest BCUT2D eigenvalue weighted by Gasteiger charge is -2.21. The summed E-state index contributed by atoms with van der Waals surface area (Å²) in [4.78, 5) is 2.27. The van der Waals surface area contributed by atoms with Gasteiger partial charge in [0.2, 0.25) is 0 Å². The highest BCUT2D eigenvalue weighted by Crippen LogP contribution is 2.14. The normalized spacial score (nSPS) is 11.8. The molecule has 1 rings (SSSR count). The molecule has 0 aliphatic carbocycles. The number of hydrogen-bond acceptors (Lipinski definition) is 3. The second-order valence-electron chi connectivity index (χ2n) is 5.74. The Kier molecular flexibility index (Phi) is 6.06. The van der Waals surface area contributed by atoms with Gasteiger partial charge in [0.05, 0.1) is 12.8 Å². The summed E-state index contributed by atoms with van der Waals surface area (Å²) < 4.78 is 5.58. The summed E-state index contributed by atoms with van der Waals surface area (Å²) in [5.74, 6) is 1.01. The van der Waals surface area contributed by atoms with Gasteiger partial charge in [0.25, 0.3) is 0 Å². The molecule has 0 spiro atoms. The van der Waals surface area contributed by atoms with Gasteiger partial charge in [0, 0.05) is 30.7 Å². The number of nitrogens with zero attached hydrogens (tertiary/aromatic N) is 1. The molecule has 0 amide bonds. The Morgan fingerprint density at radius 1 is 1.26 bits per heavy atom. The van der Waals surface area contributed by atoms with Crippen molar-refractivity contribution >= 4 is 0 Å². The molecule has 0 atom stereocenters. The maximum atomic E-state index is 5.58. The van der Waals surface area contributed by atoms with Crippen LogP contribution in [-0.4, -0.2) is 23.5 Å². The van der Waals surface area contributed by atoms with Crippen LogP contribution in [0.25, 0.3) is 0 Å². The first-order valence-electron chi connectivity index (χ1n) is 6.70. The van der Waals surface area contributed by atoms with Crippen molar-refractivity contribution in [2.75, 3.05) is 13.1 Å². The lowest BCUT2D eigenvalue weighted by atomic mass is 10.1. The predicted octanol–water partition coefficient (Wildman–Crippen LogP) is 3.34. The molecule has 19 heavy (non-hydrogen) atoms. The van der Waals surface area contributed by atoms with Gasteiger partial charge in [-0.15, -0.1) is 13.2 Å². The topological polar surface area (TPSA) is 28.4 Å². The molecule has 0 saturated heterocycles. The molecule has 3 heteroatoms. The summed E-state index contributed by atoms with van der Waals surface area (Å²) in [5.41, 5.74) is 1.31. The van der Waals surface area contributed by atoms with Crippen LogP contribution in [0, 0.1) is 0 Å². The smallest absolute Gasteiger partial charge is 0.122 e. The van der Waals surface area contributed by atoms with Crippen LogP contribution in [0.2, 0.25) is 0 Å². The van der Waals surface area contributed by atoms with Crippen LogP contribution >= 0.6 is 0 Å². The summed E-state index contributed by atoms with van der Waals surface area (Å²) >= 11 is 0. The van der Waals surface area contributed by atoms with Gasteiger partial charge < -0.3 is 9.73 Å². The van der Waals surface area contributed by atoms with E-state index in [0.717, 1.165) is 31.9 Å². The van der Waals surface area contributed by atoms with E-state index in [-0.39, 0.29) is 5.54 Å². The van der Waals surface area contributed by atoms with E-state index in [9.17, 15) is 0 Å². The molecule has 0 unspecified atom stereocenters. The lowest BCUT2D eigenvalue weighted by molar-refractivity contribution is 0.320. The highest BCUT2D eigenvalue weighted by atomic mass is 16.3. The Balaban J connectivity index is 2.65. The Bertz CT molecular complexity index is 391. The van der Waals surface area contributed by atoms with Gasteiger partial charge in [-0.05, 0) is 26.8 Å². The minimum atomic E-state index is 0.0893. The molecule has 1 heterocycles. The zero-order valence-electron chi connectivity index (χ0n) is 12.4. The SMILES string of the molecule is C=CCN(CC=C)Cc1ccoc1CNC(C)(C)C. The fourth-order valence-electron chi connectivity index (χ4n) is 1.82. The molecule has 0 aliphatic heterocycles. The molecule has 106 valence electrons. The summed E-state index contributed by atoms with van der Waals surface area (Å²) in [6, 6.07) is 2.04. The molecular formula is C16H26N2O. The molecule has 0 saturated carbocycles. The Labute approximate surface area is 117 Å². The van der Waals surface area contributed by atoms with Gasteiger partial charge in [-0.1, -0.05) is 12.2 Å². The second kappa shape index (κ2) is 7.31. The summed E-state index contributed by atoms with van der Waals surface area (Å²) in [6.07, 6.45) is 5.59. The molecule has 1 N–H and O–H groups in total. The predicted molar refractivity (Wildman–Crippen MR) is 81.0 cm³/mol. The molecular weight excluding hydrogens is 236 g/mol. The van der Waals surface area contributed by atoms with Crippen molar-refractivity contribution in [3.05, 3.63) is 49.0 Å². The Morgan fingerprint density at radius 2 is 1.89 bits per heavy atom. The van der Waals surface area contributed by atoms with E-state index < -0.39 is 0 Å². The minimum absolute atomic E-state index is 0.0893. The maximum Gasteiger partial charge on any atom is 0.122 e. The third-order valence-electron chi connectivity index (χ3n) is 2.79. The lowest BCUT2D eigenvalue weighted by Crippen LogP contribution is -2.35. The van der Waals surface area contributed by atoms with E-state index in [1.807, 2.05) is 18.2 Å². The number of furan rings is 1. The third kappa shape index (κ3) is 5.90. The van der Waals surface area contributed by atoms with E-state index >= 15 is 0 Å². The largest absolute Gasteiger partial charge is 0.468 e. The van der Waals surface area contributed by atoms with Gasteiger partial charge >= 0.3 is 0 Å².